The van der Waals surface area contributed by atoms with Crippen LogP contribution in [0.2, 0.25) is 0 Å². The second-order valence-electron chi connectivity index (χ2n) is 16.5. The fourth-order valence-electron chi connectivity index (χ4n) is 7.39. The molecule has 2 saturated heterocycles. The Morgan fingerprint density at radius 3 is 1.35 bits per heavy atom. The van der Waals surface area contributed by atoms with Crippen LogP contribution in [0.1, 0.15) is 136 Å². The number of unbranched alkanes of at least 4 members (excludes halogenated alkanes) is 11. The van der Waals surface area contributed by atoms with E-state index < -0.39 is 29.9 Å². The molecule has 3 unspecified atom stereocenters. The van der Waals surface area contributed by atoms with E-state index in [1.807, 2.05) is 0 Å². The van der Waals surface area contributed by atoms with Gasteiger partial charge in [0.05, 0.1) is 0 Å². The molecular formula is C64H62N6O5. The van der Waals surface area contributed by atoms with E-state index in [9.17, 15) is 24.0 Å². The van der Waals surface area contributed by atoms with E-state index in [-0.39, 0.29) is 30.8 Å². The van der Waals surface area contributed by atoms with E-state index >= 15 is 0 Å². The summed E-state index contributed by atoms with van der Waals surface area (Å²) in [6.07, 6.45) is 17.6. The smallest absolute Gasteiger partial charge is 0.300 e. The van der Waals surface area contributed by atoms with Crippen molar-refractivity contribution in [3.05, 3.63) is 0 Å². The van der Waals surface area contributed by atoms with E-state index in [4.69, 9.17) is 5.73 Å². The first-order valence-corrected chi connectivity index (χ1v) is 25.4. The van der Waals surface area contributed by atoms with Gasteiger partial charge in [0.2, 0.25) is 23.6 Å². The quantitative estimate of drug-likeness (QED) is 0.0908. The van der Waals surface area contributed by atoms with E-state index in [0.717, 1.165) is 25.7 Å². The molecule has 2 aliphatic rings. The number of nitrogens with zero attached hydrogens (tertiary/aromatic N) is 2. The third-order valence-corrected chi connectivity index (χ3v) is 11.0. The number of likely N-dealkylation sites (tertiary alicyclic amines) is 2. The van der Waals surface area contributed by atoms with Crippen LogP contribution in [0.25, 0.3) is 0 Å². The van der Waals surface area contributed by atoms with Gasteiger partial charge in [-0.15, -0.1) is 0 Å². The van der Waals surface area contributed by atoms with Crippen LogP contribution in [0, 0.1) is 178 Å². The van der Waals surface area contributed by atoms with Crippen molar-refractivity contribution in [1.29, 1.82) is 0 Å². The number of carbonyl (C=O) groups excluding carboxylic acids is 5. The van der Waals surface area contributed by atoms with Crippen molar-refractivity contribution in [2.24, 2.45) is 5.73 Å². The summed E-state index contributed by atoms with van der Waals surface area (Å²) in [7, 11) is 0. The molecule has 0 spiro atoms. The topological polar surface area (TPSA) is 154 Å². The maximum Gasteiger partial charge on any atom is 0.300 e. The number of rotatable bonds is 23. The zero-order chi connectivity index (χ0) is 54.1. The second kappa shape index (κ2) is 43.5. The Balaban J connectivity index is 1.78. The average Bonchev–Trinajstić information content (AvgIpc) is 4.13. The maximum absolute atomic E-state index is 13.5. The van der Waals surface area contributed by atoms with Crippen LogP contribution < -0.4 is 21.7 Å². The van der Waals surface area contributed by atoms with Gasteiger partial charge in [0.1, 0.15) is 18.1 Å². The Morgan fingerprint density at radius 2 is 0.893 bits per heavy atom. The molecule has 0 aliphatic carbocycles. The molecule has 2 aliphatic heterocycles. The van der Waals surface area contributed by atoms with E-state index in [1.165, 1.54) is 56.3 Å². The molecule has 0 aromatic rings. The van der Waals surface area contributed by atoms with Gasteiger partial charge in [-0.2, -0.15) is 0 Å². The van der Waals surface area contributed by atoms with Gasteiger partial charge >= 0.3 is 0 Å². The molecule has 378 valence electrons. The molecule has 5 amide bonds. The number of hydrogen-bond donors (Lipinski definition) is 4. The maximum atomic E-state index is 13.5. The van der Waals surface area contributed by atoms with Crippen LogP contribution in [0.5, 0.6) is 0 Å². The van der Waals surface area contributed by atoms with Crippen molar-refractivity contribution in [3.8, 4) is 178 Å². The first-order chi connectivity index (χ1) is 36.8. The number of nitrogens with two attached hydrogens (primary N) is 1. The molecule has 11 nitrogen and oxygen atoms in total. The summed E-state index contributed by atoms with van der Waals surface area (Å²) in [5.74, 6) is 73.7. The van der Waals surface area contributed by atoms with Gasteiger partial charge in [0.25, 0.3) is 5.91 Å². The minimum atomic E-state index is -0.877. The van der Waals surface area contributed by atoms with Crippen LogP contribution in [-0.4, -0.2) is 90.2 Å². The number of amides is 5. The van der Waals surface area contributed by atoms with Crippen LogP contribution in [0.4, 0.5) is 0 Å². The minimum Gasteiger partial charge on any atom is -0.354 e. The Bertz CT molecular complexity index is 3010. The predicted molar refractivity (Wildman–Crippen MR) is 294 cm³/mol. The van der Waals surface area contributed by atoms with Gasteiger partial charge in [-0.3, -0.25) is 24.0 Å². The normalized spacial score (nSPS) is 12.7. The summed E-state index contributed by atoms with van der Waals surface area (Å²) >= 11 is 0. The summed E-state index contributed by atoms with van der Waals surface area (Å²) in [4.78, 5) is 68.9. The molecule has 75 heavy (non-hydrogen) atoms. The van der Waals surface area contributed by atoms with Crippen molar-refractivity contribution in [3.63, 3.8) is 0 Å². The van der Waals surface area contributed by atoms with E-state index in [0.29, 0.717) is 64.6 Å². The third-order valence-electron chi connectivity index (χ3n) is 11.0. The summed E-state index contributed by atoms with van der Waals surface area (Å²) in [6.45, 7) is 5.65. The molecule has 3 atom stereocenters. The molecule has 5 N–H and O–H groups in total. The standard InChI is InChI=1S/C64H62N6O5/c1-3-5-7-9-11-13-15-16-17-18-19-20-21-22-23-24-25-26-27-28-29-30-31-32-34-36-38-40-42-51-61(72)70-56-46-49-59(70)64(75)68-57(62(73)67-54-52-65)47-43-44-53-66-63(74)58-48-45-55-69(58)60(71)50-41-39-37-35-33-14-12-10-8-6-4-2/h57-59H,4,6,8,10,12,14,33,35,37,39,41,43-50,52-56,65H2,1-2H3,(H,66,74)(H,67,73)(H,68,75). The monoisotopic (exact) mass is 994 g/mol. The summed E-state index contributed by atoms with van der Waals surface area (Å²) in [5.41, 5.74) is 5.61. The Kier molecular flexibility index (Phi) is 35.9. The third kappa shape index (κ3) is 30.9. The Labute approximate surface area is 447 Å². The molecule has 2 rings (SSSR count). The molecule has 0 aromatic heterocycles. The Morgan fingerprint density at radius 1 is 0.480 bits per heavy atom. The molecule has 0 bridgehead atoms. The highest BCUT2D eigenvalue weighted by atomic mass is 16.2. The highest BCUT2D eigenvalue weighted by molar-refractivity contribution is 5.98. The molecule has 0 radical (unpaired) electrons. The van der Waals surface area contributed by atoms with Gasteiger partial charge in [-0.1, -0.05) is 77.1 Å². The largest absolute Gasteiger partial charge is 0.354 e. The second-order valence-corrected chi connectivity index (χ2v) is 16.5. The van der Waals surface area contributed by atoms with Gasteiger partial charge in [0, 0.05) is 116 Å². The zero-order valence-corrected chi connectivity index (χ0v) is 43.2. The summed E-state index contributed by atoms with van der Waals surface area (Å²) in [6, 6.07) is -2.15. The predicted octanol–water partition coefficient (Wildman–Crippen LogP) is 3.59. The highest BCUT2D eigenvalue weighted by Crippen LogP contribution is 2.21. The number of carbonyl (C=O) groups is 5. The van der Waals surface area contributed by atoms with Crippen LogP contribution in [0.3, 0.4) is 0 Å². The lowest BCUT2D eigenvalue weighted by molar-refractivity contribution is -0.138. The van der Waals surface area contributed by atoms with Crippen LogP contribution >= 0.6 is 0 Å². The molecule has 2 fully saturated rings. The summed E-state index contributed by atoms with van der Waals surface area (Å²) < 4.78 is 0. The van der Waals surface area contributed by atoms with Gasteiger partial charge in [-0.05, 0) is 153 Å². The first-order valence-electron chi connectivity index (χ1n) is 25.4. The minimum absolute atomic E-state index is 0.0456. The van der Waals surface area contributed by atoms with Crippen LogP contribution in [0.15, 0.2) is 0 Å². The van der Waals surface area contributed by atoms with Crippen molar-refractivity contribution in [2.75, 3.05) is 32.7 Å². The fourth-order valence-corrected chi connectivity index (χ4v) is 7.39. The number of hydrogen-bond acceptors (Lipinski definition) is 6. The zero-order valence-electron chi connectivity index (χ0n) is 43.2. The number of nitrogens with one attached hydrogen (secondary N) is 3. The first kappa shape index (κ1) is 61.8. The van der Waals surface area contributed by atoms with Gasteiger partial charge in [0.15, 0.2) is 0 Å². The molecule has 11 heteroatoms. The molecule has 0 saturated carbocycles. The molecular weight excluding hydrogens is 933 g/mol. The average molecular weight is 995 g/mol. The molecule has 0 aromatic carbocycles. The fraction of sp³-hybridized carbons (Fsp3) is 0.453. The SMILES string of the molecule is CC#CC#CC#CC#CC#CC#CC#CC#CC#CC#CC#CC#CC#CC#CC#CC(=O)N1CCCC1C(=O)NC(CCCCNC(=O)C1CCCN1C(=O)CCCCCCCCCCCCC)C(=O)NCCN. The lowest BCUT2D eigenvalue weighted by atomic mass is 10.0. The lowest BCUT2D eigenvalue weighted by Gasteiger charge is -2.25. The van der Waals surface area contributed by atoms with Crippen molar-refractivity contribution in [1.82, 2.24) is 25.8 Å². The van der Waals surface area contributed by atoms with Crippen LogP contribution in [-0.2, 0) is 24.0 Å². The molecule has 2 heterocycles. The van der Waals surface area contributed by atoms with Gasteiger partial charge in [-0.25, -0.2) is 0 Å². The Hall–Kier alpha value is -9.29. The highest BCUT2D eigenvalue weighted by Gasteiger charge is 2.36. The van der Waals surface area contributed by atoms with Crippen molar-refractivity contribution < 1.29 is 24.0 Å². The lowest BCUT2D eigenvalue weighted by Crippen LogP contribution is -2.53. The van der Waals surface area contributed by atoms with Gasteiger partial charge < -0.3 is 31.5 Å². The summed E-state index contributed by atoms with van der Waals surface area (Å²) in [5, 5.41) is 8.54. The van der Waals surface area contributed by atoms with E-state index in [1.54, 1.807) is 11.8 Å². The van der Waals surface area contributed by atoms with E-state index in [2.05, 4.69) is 200 Å². The van der Waals surface area contributed by atoms with Crippen molar-refractivity contribution in [2.45, 2.75) is 154 Å². The van der Waals surface area contributed by atoms with Crippen molar-refractivity contribution >= 4 is 29.5 Å².